The van der Waals surface area contributed by atoms with Crippen LogP contribution in [0.5, 0.6) is 0 Å². The standard InChI is InChI=1S/C15H17NOS/c1-10(2)11-3-5-12(6-4-11)14-8-7-13(9-18)15(17)16-14/h3-8,10,18H,9H2,1-2H3,(H,16,17). The minimum absolute atomic E-state index is 0.0598. The van der Waals surface area contributed by atoms with Crippen molar-refractivity contribution in [2.45, 2.75) is 25.5 Å². The largest absolute Gasteiger partial charge is 0.322 e. The van der Waals surface area contributed by atoms with Gasteiger partial charge in [0.05, 0.1) is 0 Å². The van der Waals surface area contributed by atoms with E-state index in [9.17, 15) is 4.79 Å². The molecule has 2 aromatic rings. The van der Waals surface area contributed by atoms with Gasteiger partial charge in [-0.15, -0.1) is 0 Å². The number of H-pyrrole nitrogens is 1. The van der Waals surface area contributed by atoms with Gasteiger partial charge in [-0.2, -0.15) is 12.6 Å². The van der Waals surface area contributed by atoms with Crippen LogP contribution in [0.3, 0.4) is 0 Å². The van der Waals surface area contributed by atoms with Gasteiger partial charge in [-0.1, -0.05) is 44.2 Å². The summed E-state index contributed by atoms with van der Waals surface area (Å²) < 4.78 is 0. The topological polar surface area (TPSA) is 32.9 Å². The SMILES string of the molecule is CC(C)c1ccc(-c2ccc(CS)c(=O)[nH]2)cc1. The zero-order valence-electron chi connectivity index (χ0n) is 10.6. The van der Waals surface area contributed by atoms with E-state index in [4.69, 9.17) is 0 Å². The predicted molar refractivity (Wildman–Crippen MR) is 79.3 cm³/mol. The van der Waals surface area contributed by atoms with Crippen LogP contribution in [0.25, 0.3) is 11.3 Å². The molecule has 0 unspecified atom stereocenters. The molecule has 0 saturated heterocycles. The van der Waals surface area contributed by atoms with Crippen molar-refractivity contribution < 1.29 is 0 Å². The Morgan fingerprint density at radius 2 is 1.78 bits per heavy atom. The van der Waals surface area contributed by atoms with Crippen LogP contribution in [0.2, 0.25) is 0 Å². The highest BCUT2D eigenvalue weighted by Gasteiger charge is 2.03. The number of aromatic nitrogens is 1. The minimum atomic E-state index is -0.0598. The van der Waals surface area contributed by atoms with Crippen LogP contribution in [-0.4, -0.2) is 4.98 Å². The Morgan fingerprint density at radius 1 is 1.11 bits per heavy atom. The van der Waals surface area contributed by atoms with Gasteiger partial charge in [0, 0.05) is 17.0 Å². The first kappa shape index (κ1) is 13.0. The molecule has 0 spiro atoms. The Bertz CT molecular complexity index is 584. The smallest absolute Gasteiger partial charge is 0.252 e. The van der Waals surface area contributed by atoms with Crippen molar-refractivity contribution in [2.24, 2.45) is 0 Å². The van der Waals surface area contributed by atoms with Gasteiger partial charge in [-0.3, -0.25) is 4.79 Å². The molecule has 2 rings (SSSR count). The summed E-state index contributed by atoms with van der Waals surface area (Å²) in [5.74, 6) is 0.978. The first-order valence-electron chi connectivity index (χ1n) is 6.05. The van der Waals surface area contributed by atoms with E-state index in [1.165, 1.54) is 5.56 Å². The van der Waals surface area contributed by atoms with E-state index in [0.717, 1.165) is 11.3 Å². The van der Waals surface area contributed by atoms with Crippen molar-refractivity contribution in [3.8, 4) is 11.3 Å². The molecule has 0 aliphatic heterocycles. The van der Waals surface area contributed by atoms with Gasteiger partial charge in [-0.25, -0.2) is 0 Å². The maximum Gasteiger partial charge on any atom is 0.252 e. The minimum Gasteiger partial charge on any atom is -0.322 e. The maximum atomic E-state index is 11.7. The Labute approximate surface area is 112 Å². The van der Waals surface area contributed by atoms with Crippen molar-refractivity contribution in [3.63, 3.8) is 0 Å². The summed E-state index contributed by atoms with van der Waals surface area (Å²) >= 11 is 4.12. The molecule has 0 aliphatic rings. The lowest BCUT2D eigenvalue weighted by Gasteiger charge is -2.07. The van der Waals surface area contributed by atoms with E-state index in [0.29, 0.717) is 17.2 Å². The van der Waals surface area contributed by atoms with Gasteiger partial charge in [0.1, 0.15) is 0 Å². The monoisotopic (exact) mass is 259 g/mol. The second-order valence-corrected chi connectivity index (χ2v) is 4.98. The van der Waals surface area contributed by atoms with Crippen molar-refractivity contribution in [1.29, 1.82) is 0 Å². The van der Waals surface area contributed by atoms with Gasteiger partial charge in [-0.05, 0) is 23.1 Å². The molecule has 94 valence electrons. The van der Waals surface area contributed by atoms with E-state index >= 15 is 0 Å². The molecular weight excluding hydrogens is 242 g/mol. The first-order valence-corrected chi connectivity index (χ1v) is 6.68. The Balaban J connectivity index is 2.37. The number of rotatable bonds is 3. The number of hydrogen-bond donors (Lipinski definition) is 2. The summed E-state index contributed by atoms with van der Waals surface area (Å²) in [7, 11) is 0. The highest BCUT2D eigenvalue weighted by atomic mass is 32.1. The van der Waals surface area contributed by atoms with Gasteiger partial charge in [0.15, 0.2) is 0 Å². The molecule has 1 N–H and O–H groups in total. The lowest BCUT2D eigenvalue weighted by atomic mass is 10.0. The Hall–Kier alpha value is -1.48. The van der Waals surface area contributed by atoms with E-state index in [2.05, 4.69) is 43.6 Å². The van der Waals surface area contributed by atoms with Crippen molar-refractivity contribution >= 4 is 12.6 Å². The average molecular weight is 259 g/mol. The molecule has 0 fully saturated rings. The number of hydrogen-bond acceptors (Lipinski definition) is 2. The molecule has 0 aliphatic carbocycles. The second-order valence-electron chi connectivity index (χ2n) is 4.66. The van der Waals surface area contributed by atoms with Crippen LogP contribution in [-0.2, 0) is 5.75 Å². The van der Waals surface area contributed by atoms with Crippen molar-refractivity contribution in [3.05, 3.63) is 57.9 Å². The normalized spacial score (nSPS) is 10.9. The molecule has 3 heteroatoms. The number of pyridine rings is 1. The van der Waals surface area contributed by atoms with Gasteiger partial charge >= 0.3 is 0 Å². The van der Waals surface area contributed by atoms with Crippen LogP contribution < -0.4 is 5.56 Å². The van der Waals surface area contributed by atoms with Gasteiger partial charge < -0.3 is 4.98 Å². The summed E-state index contributed by atoms with van der Waals surface area (Å²) in [6.07, 6.45) is 0. The first-order chi connectivity index (χ1) is 8.61. The Kier molecular flexibility index (Phi) is 3.92. The fourth-order valence-corrected chi connectivity index (χ4v) is 2.09. The molecule has 2 nitrogen and oxygen atoms in total. The molecular formula is C15H17NOS. The van der Waals surface area contributed by atoms with Crippen LogP contribution >= 0.6 is 12.6 Å². The highest BCUT2D eigenvalue weighted by molar-refractivity contribution is 7.79. The number of thiol groups is 1. The average Bonchev–Trinajstić information content (AvgIpc) is 2.38. The zero-order valence-corrected chi connectivity index (χ0v) is 11.5. The fourth-order valence-electron chi connectivity index (χ4n) is 1.84. The molecule has 0 bridgehead atoms. The van der Waals surface area contributed by atoms with Crippen LogP contribution in [0.1, 0.15) is 30.9 Å². The Morgan fingerprint density at radius 3 is 2.28 bits per heavy atom. The molecule has 1 heterocycles. The van der Waals surface area contributed by atoms with Crippen molar-refractivity contribution in [2.75, 3.05) is 0 Å². The van der Waals surface area contributed by atoms with Crippen LogP contribution in [0.15, 0.2) is 41.2 Å². The zero-order chi connectivity index (χ0) is 13.1. The van der Waals surface area contributed by atoms with E-state index in [1.807, 2.05) is 24.3 Å². The maximum absolute atomic E-state index is 11.7. The van der Waals surface area contributed by atoms with Crippen LogP contribution in [0, 0.1) is 0 Å². The molecule has 1 aromatic heterocycles. The second kappa shape index (κ2) is 5.44. The summed E-state index contributed by atoms with van der Waals surface area (Å²) in [5, 5.41) is 0. The molecule has 0 amide bonds. The fraction of sp³-hybridized carbons (Fsp3) is 0.267. The third-order valence-corrected chi connectivity index (χ3v) is 3.39. The van der Waals surface area contributed by atoms with Gasteiger partial charge in [0.25, 0.3) is 5.56 Å². The number of aromatic amines is 1. The lowest BCUT2D eigenvalue weighted by Crippen LogP contribution is -2.11. The number of nitrogens with one attached hydrogen (secondary N) is 1. The molecule has 18 heavy (non-hydrogen) atoms. The molecule has 1 aromatic carbocycles. The van der Waals surface area contributed by atoms with Gasteiger partial charge in [0.2, 0.25) is 0 Å². The summed E-state index contributed by atoms with van der Waals surface area (Å²) in [6.45, 7) is 4.33. The molecule has 0 atom stereocenters. The summed E-state index contributed by atoms with van der Waals surface area (Å²) in [4.78, 5) is 14.6. The number of benzene rings is 1. The third kappa shape index (κ3) is 2.67. The lowest BCUT2D eigenvalue weighted by molar-refractivity contribution is 0.867. The third-order valence-electron chi connectivity index (χ3n) is 3.05. The van der Waals surface area contributed by atoms with E-state index in [1.54, 1.807) is 0 Å². The molecule has 0 radical (unpaired) electrons. The van der Waals surface area contributed by atoms with Crippen LogP contribution in [0.4, 0.5) is 0 Å². The summed E-state index contributed by atoms with van der Waals surface area (Å²) in [5.41, 5.74) is 3.81. The quantitative estimate of drug-likeness (QED) is 0.811. The van der Waals surface area contributed by atoms with E-state index in [-0.39, 0.29) is 5.56 Å². The van der Waals surface area contributed by atoms with Crippen molar-refractivity contribution in [1.82, 2.24) is 4.98 Å². The predicted octanol–water partition coefficient (Wildman–Crippen LogP) is 3.60. The highest BCUT2D eigenvalue weighted by Crippen LogP contribution is 2.20. The van der Waals surface area contributed by atoms with E-state index < -0.39 is 0 Å². The summed E-state index contributed by atoms with van der Waals surface area (Å²) in [6, 6.07) is 12.0. The molecule has 0 saturated carbocycles.